The fraction of sp³-hybridized carbons (Fsp3) is 0.512. The lowest BCUT2D eigenvalue weighted by atomic mass is 9.46. The summed E-state index contributed by atoms with van der Waals surface area (Å²) in [5.74, 6) is -2.67. The molecule has 1 heterocycles. The number of aryl methyl sites for hydroxylation is 1. The van der Waals surface area contributed by atoms with Gasteiger partial charge in [0.1, 0.15) is 11.3 Å². The summed E-state index contributed by atoms with van der Waals surface area (Å²) in [5.41, 5.74) is -0.469. The summed E-state index contributed by atoms with van der Waals surface area (Å²) in [6.07, 6.45) is 7.45. The summed E-state index contributed by atoms with van der Waals surface area (Å²) in [4.78, 5) is 51.3. The predicted molar refractivity (Wildman–Crippen MR) is 191 cm³/mol. The third kappa shape index (κ3) is 6.24. The molecule has 0 aromatic heterocycles. The molecule has 1 aliphatic heterocycles. The molecule has 12 heteroatoms. The number of hydrogen-bond donors (Lipinski definition) is 3. The van der Waals surface area contributed by atoms with E-state index in [1.54, 1.807) is 36.4 Å². The molecule has 0 amide bonds. The van der Waals surface area contributed by atoms with Crippen molar-refractivity contribution >= 4 is 34.9 Å². The highest BCUT2D eigenvalue weighted by Gasteiger charge is 2.75. The highest BCUT2D eigenvalue weighted by atomic mass is 16.7. The maximum Gasteiger partial charge on any atom is 0.339 e. The minimum atomic E-state index is -1.39. The lowest BCUT2D eigenvalue weighted by Crippen LogP contribution is -2.63. The van der Waals surface area contributed by atoms with Gasteiger partial charge in [0.15, 0.2) is 24.3 Å². The van der Waals surface area contributed by atoms with Gasteiger partial charge in [-0.1, -0.05) is 57.0 Å². The summed E-state index contributed by atoms with van der Waals surface area (Å²) in [6, 6.07) is 10.9. The van der Waals surface area contributed by atoms with Crippen molar-refractivity contribution in [1.82, 2.24) is 0 Å². The van der Waals surface area contributed by atoms with Crippen LogP contribution in [0.5, 0.6) is 5.75 Å². The average molecular weight is 727 g/mol. The van der Waals surface area contributed by atoms with Crippen LogP contribution in [0.15, 0.2) is 76.5 Å². The van der Waals surface area contributed by atoms with E-state index >= 15 is 0 Å². The Bertz CT molecular complexity index is 1920. The van der Waals surface area contributed by atoms with Crippen molar-refractivity contribution in [3.8, 4) is 5.75 Å². The first-order valence-corrected chi connectivity index (χ1v) is 18.5. The van der Waals surface area contributed by atoms with Crippen LogP contribution >= 0.6 is 0 Å². The number of allylic oxidation sites excluding steroid dienone is 4. The Labute approximate surface area is 307 Å². The number of aromatic carboxylic acids is 1. The van der Waals surface area contributed by atoms with E-state index in [9.17, 15) is 34.5 Å². The number of carbonyl (C=O) groups is 4. The number of carboxylic acids is 1. The van der Waals surface area contributed by atoms with Gasteiger partial charge in [0.05, 0.1) is 23.6 Å². The number of aromatic hydroxyl groups is 1. The zero-order chi connectivity index (χ0) is 37.7. The van der Waals surface area contributed by atoms with Crippen LogP contribution in [-0.4, -0.2) is 69.5 Å². The van der Waals surface area contributed by atoms with E-state index in [4.69, 9.17) is 14.2 Å². The van der Waals surface area contributed by atoms with Crippen LogP contribution in [0.2, 0.25) is 0 Å². The lowest BCUT2D eigenvalue weighted by molar-refractivity contribution is -0.201. The summed E-state index contributed by atoms with van der Waals surface area (Å²) < 4.78 is 18.8. The summed E-state index contributed by atoms with van der Waals surface area (Å²) in [7, 11) is 0. The normalized spacial score (nSPS) is 34.2. The first-order valence-electron chi connectivity index (χ1n) is 18.5. The number of ether oxygens (including phenoxy) is 3. The second-order valence-corrected chi connectivity index (χ2v) is 15.6. The second kappa shape index (κ2) is 14.0. The Morgan fingerprint density at radius 3 is 2.66 bits per heavy atom. The molecular weight excluding hydrogens is 680 g/mol. The molecular formula is C41H46N2O10. The summed E-state index contributed by atoms with van der Waals surface area (Å²) in [6.45, 7) is 5.68. The second-order valence-electron chi connectivity index (χ2n) is 15.6. The molecule has 280 valence electrons. The number of nitrogens with zero attached hydrogens (tertiary/aromatic N) is 2. The van der Waals surface area contributed by atoms with Gasteiger partial charge in [-0.3, -0.25) is 14.4 Å². The molecule has 4 fully saturated rings. The maximum absolute atomic E-state index is 14.5. The molecule has 0 spiro atoms. The summed E-state index contributed by atoms with van der Waals surface area (Å²) in [5, 5.41) is 39.4. The first kappa shape index (κ1) is 36.8. The predicted octanol–water partition coefficient (Wildman–Crippen LogP) is 6.72. The third-order valence-electron chi connectivity index (χ3n) is 12.7. The first-order chi connectivity index (χ1) is 25.3. The molecule has 1 unspecified atom stereocenters. The molecule has 1 saturated heterocycles. The van der Waals surface area contributed by atoms with Gasteiger partial charge in [0, 0.05) is 23.2 Å². The van der Waals surface area contributed by atoms with Gasteiger partial charge in [-0.25, -0.2) is 4.79 Å². The molecule has 3 N–H and O–H groups in total. The lowest BCUT2D eigenvalue weighted by Gasteiger charge is -2.59. The number of esters is 1. The molecule has 7 rings (SSSR count). The minimum Gasteiger partial charge on any atom is -0.507 e. The quantitative estimate of drug-likeness (QED) is 0.166. The zero-order valence-corrected chi connectivity index (χ0v) is 30.2. The number of azo groups is 1. The van der Waals surface area contributed by atoms with Gasteiger partial charge in [-0.15, -0.1) is 0 Å². The van der Waals surface area contributed by atoms with Crippen LogP contribution in [0.3, 0.4) is 0 Å². The molecule has 12 nitrogen and oxygen atoms in total. The number of carbonyl (C=O) groups excluding carboxylic acids is 3. The van der Waals surface area contributed by atoms with Gasteiger partial charge in [0.25, 0.3) is 0 Å². The van der Waals surface area contributed by atoms with Crippen LogP contribution in [0.25, 0.3) is 0 Å². The number of rotatable bonds is 11. The monoisotopic (exact) mass is 726 g/mol. The third-order valence-corrected chi connectivity index (χ3v) is 12.7. The molecule has 0 bridgehead atoms. The Morgan fingerprint density at radius 1 is 1.09 bits per heavy atom. The van der Waals surface area contributed by atoms with Crippen molar-refractivity contribution in [1.29, 1.82) is 0 Å². The maximum atomic E-state index is 14.5. The molecule has 53 heavy (non-hydrogen) atoms. The van der Waals surface area contributed by atoms with E-state index in [2.05, 4.69) is 17.2 Å². The van der Waals surface area contributed by atoms with Crippen molar-refractivity contribution in [3.63, 3.8) is 0 Å². The topological polar surface area (TPSA) is 181 Å². The van der Waals surface area contributed by atoms with Gasteiger partial charge in [0.2, 0.25) is 5.78 Å². The smallest absolute Gasteiger partial charge is 0.339 e. The average Bonchev–Trinajstić information content (AvgIpc) is 3.61. The SMILES string of the molecule is CCCC1O[C@@H]2C[C@H]3[C@@H]4CCC5=CC(=O)C=C[C@]5(C)[C@H]4[C@@H](O)C[C@]3(C)[C@]2(C(=O)COC(=O)CCc2ccccc2N=Nc2ccc(O)c(C(=O)O)c2)O1. The van der Waals surface area contributed by atoms with Crippen LogP contribution in [0, 0.1) is 28.6 Å². The van der Waals surface area contributed by atoms with Crippen LogP contribution in [-0.2, 0) is 35.0 Å². The van der Waals surface area contributed by atoms with Crippen LogP contribution in [0.4, 0.5) is 11.4 Å². The molecule has 5 aliphatic rings. The van der Waals surface area contributed by atoms with Crippen molar-refractivity contribution in [2.24, 2.45) is 38.8 Å². The molecule has 2 aromatic rings. The van der Waals surface area contributed by atoms with Gasteiger partial charge in [-0.2, -0.15) is 10.2 Å². The van der Waals surface area contributed by atoms with Crippen molar-refractivity contribution in [2.45, 2.75) is 96.2 Å². The van der Waals surface area contributed by atoms with E-state index in [0.717, 1.165) is 24.8 Å². The van der Waals surface area contributed by atoms with Gasteiger partial charge >= 0.3 is 11.9 Å². The number of carboxylic acid groups (broad SMARTS) is 1. The van der Waals surface area contributed by atoms with Gasteiger partial charge < -0.3 is 29.5 Å². The number of hydrogen-bond acceptors (Lipinski definition) is 11. The Morgan fingerprint density at radius 2 is 1.89 bits per heavy atom. The number of phenols is 1. The number of Topliss-reactive ketones (excluding diaryl/α,β-unsaturated/α-hetero) is 1. The Kier molecular flexibility index (Phi) is 9.75. The van der Waals surface area contributed by atoms with E-state index in [1.807, 2.05) is 19.9 Å². The standard InChI is InChI=1S/C41H46N2O10/c1-4-7-36-52-34-20-29-27-13-11-24-18-26(44)16-17-39(24,2)37(27)32(46)21-40(29,3)41(34,53-36)33(47)22-51-35(48)15-10-23-8-5-6-9-30(23)43-42-25-12-14-31(45)28(19-25)38(49)50/h5-6,8-9,12,14,16-19,27,29,32,34,36-37,45-46H,4,7,10-11,13,15,20-22H2,1-3H3,(H,49,50)/t27-,29-,32-,34+,36?,37+,39-,40-,41+/m0/s1. The van der Waals surface area contributed by atoms with Crippen molar-refractivity contribution in [3.05, 3.63) is 77.4 Å². The zero-order valence-electron chi connectivity index (χ0n) is 30.2. The number of aliphatic hydroxyl groups excluding tert-OH is 1. The molecule has 0 radical (unpaired) electrons. The Balaban J connectivity index is 1.05. The van der Waals surface area contributed by atoms with Crippen molar-refractivity contribution in [2.75, 3.05) is 6.61 Å². The molecule has 3 saturated carbocycles. The fourth-order valence-electron chi connectivity index (χ4n) is 10.3. The number of aliphatic hydroxyl groups is 1. The van der Waals surface area contributed by atoms with Gasteiger partial charge in [-0.05, 0) is 92.3 Å². The highest BCUT2D eigenvalue weighted by molar-refractivity contribution is 6.01. The summed E-state index contributed by atoms with van der Waals surface area (Å²) >= 11 is 0. The highest BCUT2D eigenvalue weighted by Crippen LogP contribution is 2.69. The van der Waals surface area contributed by atoms with Crippen LogP contribution < -0.4 is 0 Å². The Hall–Kier alpha value is -4.52. The molecule has 2 aromatic carbocycles. The number of benzene rings is 2. The number of ketones is 2. The largest absolute Gasteiger partial charge is 0.507 e. The van der Waals surface area contributed by atoms with E-state index < -0.39 is 53.5 Å². The van der Waals surface area contributed by atoms with E-state index in [1.165, 1.54) is 18.2 Å². The van der Waals surface area contributed by atoms with E-state index in [0.29, 0.717) is 30.5 Å². The fourth-order valence-corrected chi connectivity index (χ4v) is 10.3. The van der Waals surface area contributed by atoms with E-state index in [-0.39, 0.29) is 59.2 Å². The molecule has 9 atom stereocenters. The van der Waals surface area contributed by atoms with Crippen molar-refractivity contribution < 1.29 is 48.7 Å². The van der Waals surface area contributed by atoms with Crippen LogP contribution in [0.1, 0.15) is 81.6 Å². The minimum absolute atomic E-state index is 0.00971. The number of fused-ring (bicyclic) bond motifs is 7. The molecule has 4 aliphatic carbocycles.